The molecule has 1 N–H and O–H groups in total. The van der Waals surface area contributed by atoms with Crippen molar-refractivity contribution in [3.05, 3.63) is 35.6 Å². The van der Waals surface area contributed by atoms with Crippen LogP contribution in [0.1, 0.15) is 24.5 Å². The third-order valence-electron chi connectivity index (χ3n) is 4.00. The molecular weight excluding hydrogens is 255 g/mol. The number of β-amino-alcohol motifs (C(OH)–C–C–N with tert-alkyl or cyclic N) is 1. The lowest BCUT2D eigenvalue weighted by Gasteiger charge is -2.34. The lowest BCUT2D eigenvalue weighted by molar-refractivity contribution is 0.0845. The van der Waals surface area contributed by atoms with Gasteiger partial charge in [0.15, 0.2) is 0 Å². The SMILES string of the molecule is CN(C)CC1CCN(CC(O)c2cccc(F)c2)CC1. The molecule has 112 valence electrons. The Morgan fingerprint density at radius 3 is 2.65 bits per heavy atom. The Morgan fingerprint density at radius 1 is 1.35 bits per heavy atom. The van der Waals surface area contributed by atoms with Gasteiger partial charge in [-0.1, -0.05) is 12.1 Å². The standard InChI is InChI=1S/C16H25FN2O/c1-18(2)11-13-6-8-19(9-7-13)12-16(20)14-4-3-5-15(17)10-14/h3-5,10,13,16,20H,6-9,11-12H2,1-2H3. The van der Waals surface area contributed by atoms with Crippen molar-refractivity contribution >= 4 is 0 Å². The lowest BCUT2D eigenvalue weighted by atomic mass is 9.96. The van der Waals surface area contributed by atoms with E-state index in [9.17, 15) is 9.50 Å². The molecule has 1 unspecified atom stereocenters. The van der Waals surface area contributed by atoms with E-state index in [1.807, 2.05) is 0 Å². The molecule has 3 nitrogen and oxygen atoms in total. The summed E-state index contributed by atoms with van der Waals surface area (Å²) in [6.07, 6.45) is 1.75. The summed E-state index contributed by atoms with van der Waals surface area (Å²) in [6.45, 7) is 3.77. The van der Waals surface area contributed by atoms with Crippen molar-refractivity contribution in [3.8, 4) is 0 Å². The molecule has 0 aromatic heterocycles. The van der Waals surface area contributed by atoms with E-state index >= 15 is 0 Å². The van der Waals surface area contributed by atoms with Gasteiger partial charge in [-0.05, 0) is 63.6 Å². The fraction of sp³-hybridized carbons (Fsp3) is 0.625. The summed E-state index contributed by atoms with van der Waals surface area (Å²) in [5.41, 5.74) is 0.667. The quantitative estimate of drug-likeness (QED) is 0.895. The minimum absolute atomic E-state index is 0.286. The van der Waals surface area contributed by atoms with Gasteiger partial charge in [0, 0.05) is 13.1 Å². The van der Waals surface area contributed by atoms with Crippen LogP contribution < -0.4 is 0 Å². The fourth-order valence-corrected chi connectivity index (χ4v) is 2.93. The van der Waals surface area contributed by atoms with E-state index in [0.717, 1.165) is 25.6 Å². The maximum absolute atomic E-state index is 13.1. The van der Waals surface area contributed by atoms with Gasteiger partial charge in [-0.2, -0.15) is 0 Å². The molecule has 0 radical (unpaired) electrons. The Morgan fingerprint density at radius 2 is 2.05 bits per heavy atom. The highest BCUT2D eigenvalue weighted by Crippen LogP contribution is 2.21. The van der Waals surface area contributed by atoms with Crippen LogP contribution in [-0.4, -0.2) is 55.2 Å². The topological polar surface area (TPSA) is 26.7 Å². The third-order valence-corrected chi connectivity index (χ3v) is 4.00. The zero-order valence-electron chi connectivity index (χ0n) is 12.4. The van der Waals surface area contributed by atoms with Crippen LogP contribution in [0, 0.1) is 11.7 Å². The van der Waals surface area contributed by atoms with Crippen LogP contribution in [0.3, 0.4) is 0 Å². The van der Waals surface area contributed by atoms with E-state index in [-0.39, 0.29) is 5.82 Å². The van der Waals surface area contributed by atoms with Crippen molar-refractivity contribution < 1.29 is 9.50 Å². The molecule has 1 aliphatic heterocycles. The van der Waals surface area contributed by atoms with Gasteiger partial charge in [-0.15, -0.1) is 0 Å². The van der Waals surface area contributed by atoms with Gasteiger partial charge in [-0.25, -0.2) is 4.39 Å². The first-order chi connectivity index (χ1) is 9.54. The Hall–Kier alpha value is -0.970. The Kier molecular flexibility index (Phi) is 5.52. The molecule has 0 aliphatic carbocycles. The zero-order chi connectivity index (χ0) is 14.5. The van der Waals surface area contributed by atoms with Crippen LogP contribution in [0.5, 0.6) is 0 Å². The summed E-state index contributed by atoms with van der Waals surface area (Å²) in [5, 5.41) is 10.2. The van der Waals surface area contributed by atoms with Crippen molar-refractivity contribution in [1.29, 1.82) is 0 Å². The maximum atomic E-state index is 13.1. The average Bonchev–Trinajstić information content (AvgIpc) is 2.40. The van der Waals surface area contributed by atoms with Crippen molar-refractivity contribution in [2.24, 2.45) is 5.92 Å². The van der Waals surface area contributed by atoms with Crippen LogP contribution in [0.25, 0.3) is 0 Å². The lowest BCUT2D eigenvalue weighted by Crippen LogP contribution is -2.39. The minimum atomic E-state index is -0.601. The number of halogens is 1. The molecule has 1 fully saturated rings. The van der Waals surface area contributed by atoms with E-state index in [1.54, 1.807) is 12.1 Å². The predicted molar refractivity (Wildman–Crippen MR) is 79.1 cm³/mol. The number of hydrogen-bond donors (Lipinski definition) is 1. The predicted octanol–water partition coefficient (Wildman–Crippen LogP) is 2.13. The van der Waals surface area contributed by atoms with Crippen molar-refractivity contribution in [1.82, 2.24) is 9.80 Å². The fourth-order valence-electron chi connectivity index (χ4n) is 2.93. The number of rotatable bonds is 5. The summed E-state index contributed by atoms with van der Waals surface area (Å²) in [5.74, 6) is 0.471. The first kappa shape index (κ1) is 15.4. The molecule has 1 saturated heterocycles. The molecule has 1 atom stereocenters. The van der Waals surface area contributed by atoms with Crippen LogP contribution >= 0.6 is 0 Å². The van der Waals surface area contributed by atoms with Crippen LogP contribution in [0.2, 0.25) is 0 Å². The Balaban J connectivity index is 1.80. The van der Waals surface area contributed by atoms with E-state index < -0.39 is 6.10 Å². The number of hydrogen-bond acceptors (Lipinski definition) is 3. The van der Waals surface area contributed by atoms with Crippen LogP contribution in [0.4, 0.5) is 4.39 Å². The third kappa shape index (κ3) is 4.54. The molecule has 0 spiro atoms. The van der Waals surface area contributed by atoms with Gasteiger partial charge < -0.3 is 14.9 Å². The minimum Gasteiger partial charge on any atom is -0.387 e. The molecule has 2 rings (SSSR count). The van der Waals surface area contributed by atoms with Gasteiger partial charge in [0.1, 0.15) is 5.82 Å². The average molecular weight is 280 g/mol. The van der Waals surface area contributed by atoms with Crippen LogP contribution in [0.15, 0.2) is 24.3 Å². The molecule has 0 bridgehead atoms. The van der Waals surface area contributed by atoms with Crippen LogP contribution in [-0.2, 0) is 0 Å². The molecule has 1 aliphatic rings. The first-order valence-corrected chi connectivity index (χ1v) is 7.35. The summed E-state index contributed by atoms with van der Waals surface area (Å²) in [4.78, 5) is 4.52. The summed E-state index contributed by atoms with van der Waals surface area (Å²) in [6, 6.07) is 6.26. The van der Waals surface area contributed by atoms with Gasteiger partial charge in [-0.3, -0.25) is 0 Å². The van der Waals surface area contributed by atoms with Gasteiger partial charge in [0.2, 0.25) is 0 Å². The zero-order valence-corrected chi connectivity index (χ0v) is 12.4. The molecule has 20 heavy (non-hydrogen) atoms. The summed E-state index contributed by atoms with van der Waals surface area (Å²) in [7, 11) is 4.22. The smallest absolute Gasteiger partial charge is 0.123 e. The highest BCUT2D eigenvalue weighted by atomic mass is 19.1. The van der Waals surface area contributed by atoms with Gasteiger partial charge in [0.05, 0.1) is 6.10 Å². The van der Waals surface area contributed by atoms with E-state index in [1.165, 1.54) is 25.0 Å². The van der Waals surface area contributed by atoms with E-state index in [2.05, 4.69) is 23.9 Å². The number of aliphatic hydroxyl groups is 1. The molecule has 1 aromatic carbocycles. The number of likely N-dealkylation sites (tertiary alicyclic amines) is 1. The first-order valence-electron chi connectivity index (χ1n) is 7.35. The monoisotopic (exact) mass is 280 g/mol. The van der Waals surface area contributed by atoms with E-state index in [0.29, 0.717) is 12.1 Å². The summed E-state index contributed by atoms with van der Waals surface area (Å²) >= 11 is 0. The summed E-state index contributed by atoms with van der Waals surface area (Å²) < 4.78 is 13.1. The highest BCUT2D eigenvalue weighted by Gasteiger charge is 2.21. The normalized spacial score (nSPS) is 19.4. The maximum Gasteiger partial charge on any atom is 0.123 e. The van der Waals surface area contributed by atoms with Gasteiger partial charge in [0.25, 0.3) is 0 Å². The second kappa shape index (κ2) is 7.16. The number of aliphatic hydroxyl groups excluding tert-OH is 1. The number of nitrogens with zero attached hydrogens (tertiary/aromatic N) is 2. The van der Waals surface area contributed by atoms with Gasteiger partial charge >= 0.3 is 0 Å². The molecule has 1 aromatic rings. The van der Waals surface area contributed by atoms with Crippen molar-refractivity contribution in [3.63, 3.8) is 0 Å². The number of benzene rings is 1. The highest BCUT2D eigenvalue weighted by molar-refractivity contribution is 5.19. The van der Waals surface area contributed by atoms with E-state index in [4.69, 9.17) is 0 Å². The second-order valence-electron chi connectivity index (χ2n) is 6.08. The largest absolute Gasteiger partial charge is 0.387 e. The molecule has 0 saturated carbocycles. The molecule has 4 heteroatoms. The Labute approximate surface area is 121 Å². The Bertz CT molecular complexity index is 417. The van der Waals surface area contributed by atoms with Crippen molar-refractivity contribution in [2.45, 2.75) is 18.9 Å². The molecular formula is C16H25FN2O. The number of piperidine rings is 1. The molecule has 0 amide bonds. The van der Waals surface area contributed by atoms with Crippen molar-refractivity contribution in [2.75, 3.05) is 40.3 Å². The second-order valence-corrected chi connectivity index (χ2v) is 6.08. The molecule has 1 heterocycles.